The summed E-state index contributed by atoms with van der Waals surface area (Å²) in [6, 6.07) is 4.44. The summed E-state index contributed by atoms with van der Waals surface area (Å²) in [6.45, 7) is 0.288. The fourth-order valence-corrected chi connectivity index (χ4v) is 4.39. The molecule has 100 valence electrons. The maximum absolute atomic E-state index is 13.6. The van der Waals surface area contributed by atoms with Crippen LogP contribution in [0.4, 0.5) is 4.39 Å². The lowest BCUT2D eigenvalue weighted by Crippen LogP contribution is -2.20. The van der Waals surface area contributed by atoms with Crippen LogP contribution < -0.4 is 5.73 Å². The Hall–Kier alpha value is -0.940. The fourth-order valence-electron chi connectivity index (χ4n) is 2.45. The molecule has 0 radical (unpaired) electrons. The van der Waals surface area contributed by atoms with Crippen molar-refractivity contribution in [1.29, 1.82) is 0 Å². The third-order valence-electron chi connectivity index (χ3n) is 3.51. The zero-order chi connectivity index (χ0) is 13.2. The van der Waals surface area contributed by atoms with Crippen molar-refractivity contribution < 1.29 is 12.8 Å². The van der Waals surface area contributed by atoms with Crippen LogP contribution in [0.2, 0.25) is 0 Å². The average Bonchev–Trinajstić information content (AvgIpc) is 2.86. The molecule has 0 aliphatic heterocycles. The summed E-state index contributed by atoms with van der Waals surface area (Å²) in [6.07, 6.45) is 3.32. The molecule has 2 N–H and O–H groups in total. The summed E-state index contributed by atoms with van der Waals surface area (Å²) >= 11 is 0. The molecule has 5 heteroatoms. The third-order valence-corrected chi connectivity index (χ3v) is 5.71. The zero-order valence-corrected chi connectivity index (χ0v) is 11.0. The van der Waals surface area contributed by atoms with Gasteiger partial charge in [-0.25, -0.2) is 12.8 Å². The number of hydrogen-bond donors (Lipinski definition) is 1. The lowest BCUT2D eigenvalue weighted by molar-refractivity contribution is 0.573. The van der Waals surface area contributed by atoms with E-state index >= 15 is 0 Å². The fraction of sp³-hybridized carbons (Fsp3) is 0.538. The molecule has 0 unspecified atom stereocenters. The van der Waals surface area contributed by atoms with Crippen molar-refractivity contribution in [2.45, 2.75) is 43.2 Å². The van der Waals surface area contributed by atoms with Crippen molar-refractivity contribution in [2.75, 3.05) is 0 Å². The van der Waals surface area contributed by atoms with Crippen molar-refractivity contribution in [2.24, 2.45) is 5.73 Å². The predicted octanol–water partition coefficient (Wildman–Crippen LogP) is 2.14. The molecule has 1 aromatic rings. The maximum atomic E-state index is 13.6. The number of rotatable bonds is 4. The maximum Gasteiger partial charge on any atom is 0.157 e. The Morgan fingerprint density at radius 1 is 1.28 bits per heavy atom. The Morgan fingerprint density at radius 3 is 2.56 bits per heavy atom. The van der Waals surface area contributed by atoms with Crippen LogP contribution in [-0.2, 0) is 22.1 Å². The highest BCUT2D eigenvalue weighted by Crippen LogP contribution is 2.27. The highest BCUT2D eigenvalue weighted by atomic mass is 32.2. The Labute approximate surface area is 107 Å². The van der Waals surface area contributed by atoms with Crippen LogP contribution in [0.3, 0.4) is 0 Å². The summed E-state index contributed by atoms with van der Waals surface area (Å²) in [7, 11) is -3.24. The Balaban J connectivity index is 2.22. The molecule has 0 aromatic heterocycles. The molecule has 0 amide bonds. The summed E-state index contributed by atoms with van der Waals surface area (Å²) in [4.78, 5) is 0. The van der Waals surface area contributed by atoms with Crippen LogP contribution in [0.25, 0.3) is 0 Å². The zero-order valence-electron chi connectivity index (χ0n) is 10.2. The van der Waals surface area contributed by atoms with Gasteiger partial charge < -0.3 is 5.73 Å². The molecule has 1 aromatic carbocycles. The lowest BCUT2D eigenvalue weighted by Gasteiger charge is -2.12. The minimum Gasteiger partial charge on any atom is -0.326 e. The predicted molar refractivity (Wildman–Crippen MR) is 69.2 cm³/mol. The topological polar surface area (TPSA) is 60.2 Å². The van der Waals surface area contributed by atoms with Crippen molar-refractivity contribution in [3.63, 3.8) is 0 Å². The van der Waals surface area contributed by atoms with Crippen molar-refractivity contribution >= 4 is 9.84 Å². The van der Waals surface area contributed by atoms with Crippen molar-refractivity contribution in [3.8, 4) is 0 Å². The molecular weight excluding hydrogens is 253 g/mol. The first-order valence-corrected chi connectivity index (χ1v) is 7.93. The van der Waals surface area contributed by atoms with E-state index in [9.17, 15) is 12.8 Å². The standard InChI is InChI=1S/C13H18FNO2S/c14-13-6-5-10(8-15)7-11(13)9-18(16,17)12-3-1-2-4-12/h5-7,12H,1-4,8-9,15H2. The number of nitrogens with two attached hydrogens (primary N) is 1. The first kappa shape index (κ1) is 13.5. The molecule has 0 atom stereocenters. The van der Waals surface area contributed by atoms with Crippen LogP contribution >= 0.6 is 0 Å². The normalized spacial score (nSPS) is 17.2. The van der Waals surface area contributed by atoms with Crippen molar-refractivity contribution in [1.82, 2.24) is 0 Å². The smallest absolute Gasteiger partial charge is 0.157 e. The van der Waals surface area contributed by atoms with Gasteiger partial charge in [-0.2, -0.15) is 0 Å². The second-order valence-electron chi connectivity index (χ2n) is 4.84. The van der Waals surface area contributed by atoms with E-state index in [4.69, 9.17) is 5.73 Å². The monoisotopic (exact) mass is 271 g/mol. The van der Waals surface area contributed by atoms with E-state index in [1.54, 1.807) is 12.1 Å². The molecule has 0 saturated heterocycles. The van der Waals surface area contributed by atoms with E-state index in [1.807, 2.05) is 0 Å². The first-order valence-electron chi connectivity index (χ1n) is 6.22. The largest absolute Gasteiger partial charge is 0.326 e. The van der Waals surface area contributed by atoms with Gasteiger partial charge in [-0.05, 0) is 24.5 Å². The van der Waals surface area contributed by atoms with E-state index in [2.05, 4.69) is 0 Å². The van der Waals surface area contributed by atoms with E-state index in [0.29, 0.717) is 12.8 Å². The molecule has 1 saturated carbocycles. The van der Waals surface area contributed by atoms with Gasteiger partial charge in [-0.3, -0.25) is 0 Å². The van der Waals surface area contributed by atoms with Gasteiger partial charge in [0.2, 0.25) is 0 Å². The van der Waals surface area contributed by atoms with E-state index in [0.717, 1.165) is 18.4 Å². The number of halogens is 1. The molecule has 0 bridgehead atoms. The summed E-state index contributed by atoms with van der Waals surface area (Å²) in [5.74, 6) is -0.675. The van der Waals surface area contributed by atoms with Crippen LogP contribution in [0.15, 0.2) is 18.2 Å². The molecule has 0 heterocycles. The second kappa shape index (κ2) is 5.36. The quantitative estimate of drug-likeness (QED) is 0.912. The Morgan fingerprint density at radius 2 is 1.94 bits per heavy atom. The van der Waals surface area contributed by atoms with Gasteiger partial charge in [0.15, 0.2) is 9.84 Å². The number of sulfone groups is 1. The minimum absolute atomic E-state index is 0.211. The minimum atomic E-state index is -3.24. The van der Waals surface area contributed by atoms with E-state index in [-0.39, 0.29) is 23.1 Å². The van der Waals surface area contributed by atoms with Gasteiger partial charge in [-0.1, -0.05) is 25.0 Å². The summed E-state index contributed by atoms with van der Waals surface area (Å²) in [5.41, 5.74) is 6.48. The molecule has 1 aliphatic rings. The van der Waals surface area contributed by atoms with Crippen LogP contribution in [0, 0.1) is 5.82 Å². The first-order chi connectivity index (χ1) is 8.53. The molecule has 18 heavy (non-hydrogen) atoms. The molecule has 1 fully saturated rings. The second-order valence-corrected chi connectivity index (χ2v) is 7.12. The van der Waals surface area contributed by atoms with E-state index < -0.39 is 15.7 Å². The van der Waals surface area contributed by atoms with Gasteiger partial charge in [0.25, 0.3) is 0 Å². The van der Waals surface area contributed by atoms with Gasteiger partial charge in [-0.15, -0.1) is 0 Å². The Kier molecular flexibility index (Phi) is 4.02. The summed E-state index contributed by atoms with van der Waals surface area (Å²) < 4.78 is 37.9. The third kappa shape index (κ3) is 2.90. The van der Waals surface area contributed by atoms with Crippen LogP contribution in [0.5, 0.6) is 0 Å². The van der Waals surface area contributed by atoms with Gasteiger partial charge >= 0.3 is 0 Å². The Bertz CT molecular complexity index is 522. The van der Waals surface area contributed by atoms with Crippen molar-refractivity contribution in [3.05, 3.63) is 35.1 Å². The lowest BCUT2D eigenvalue weighted by atomic mass is 10.1. The van der Waals surface area contributed by atoms with Gasteiger partial charge in [0, 0.05) is 12.1 Å². The molecule has 1 aliphatic carbocycles. The molecule has 3 nitrogen and oxygen atoms in total. The highest BCUT2D eigenvalue weighted by Gasteiger charge is 2.29. The highest BCUT2D eigenvalue weighted by molar-refractivity contribution is 7.91. The number of hydrogen-bond acceptors (Lipinski definition) is 3. The van der Waals surface area contributed by atoms with Gasteiger partial charge in [0.05, 0.1) is 11.0 Å². The molecular formula is C13H18FNO2S. The average molecular weight is 271 g/mol. The summed E-state index contributed by atoms with van der Waals surface area (Å²) in [5, 5.41) is -0.293. The number of benzene rings is 1. The van der Waals surface area contributed by atoms with Crippen LogP contribution in [0.1, 0.15) is 36.8 Å². The van der Waals surface area contributed by atoms with Crippen LogP contribution in [-0.4, -0.2) is 13.7 Å². The van der Waals surface area contributed by atoms with E-state index in [1.165, 1.54) is 6.07 Å². The van der Waals surface area contributed by atoms with Gasteiger partial charge in [0.1, 0.15) is 5.82 Å². The molecule has 2 rings (SSSR count). The molecule has 0 spiro atoms. The SMILES string of the molecule is NCc1ccc(F)c(CS(=O)(=O)C2CCCC2)c1.